The summed E-state index contributed by atoms with van der Waals surface area (Å²) in [4.78, 5) is 3.92. The van der Waals surface area contributed by atoms with E-state index in [9.17, 15) is 12.9 Å². The van der Waals surface area contributed by atoms with Crippen LogP contribution in [0, 0.1) is 6.92 Å². The van der Waals surface area contributed by atoms with Crippen molar-refractivity contribution in [3.63, 3.8) is 0 Å². The highest BCUT2D eigenvalue weighted by atomic mass is 19.4. The number of halogens is 3. The number of rotatable bonds is 6. The van der Waals surface area contributed by atoms with Crippen molar-refractivity contribution in [1.29, 1.82) is 0 Å². The van der Waals surface area contributed by atoms with Gasteiger partial charge in [0.2, 0.25) is 0 Å². The molecule has 0 aliphatic carbocycles. The Bertz CT molecular complexity index is 555. The molecule has 0 amide bonds. The number of aryl methyl sites for hydroxylation is 2. The molecule has 0 bridgehead atoms. The molecule has 0 atom stereocenters. The second-order valence-corrected chi connectivity index (χ2v) is 4.60. The Kier molecular flexibility index (Phi) is 4.37. The van der Waals surface area contributed by atoms with E-state index in [2.05, 4.69) is 4.98 Å². The fourth-order valence-corrected chi connectivity index (χ4v) is 1.96. The number of imidazole rings is 1. The van der Waals surface area contributed by atoms with Crippen molar-refractivity contribution in [3.8, 4) is 5.75 Å². The maximum Gasteiger partial charge on any atom is 0.509 e. The van der Waals surface area contributed by atoms with Crippen molar-refractivity contribution in [2.24, 2.45) is 0 Å². The van der Waals surface area contributed by atoms with Crippen LogP contribution >= 0.6 is 0 Å². The number of aromatic nitrogens is 2. The molecule has 2 aromatic rings. The first-order valence-corrected chi connectivity index (χ1v) is 6.36. The lowest BCUT2D eigenvalue weighted by Crippen LogP contribution is -2.35. The molecular weight excluding hydrogens is 268 g/mol. The van der Waals surface area contributed by atoms with Crippen LogP contribution in [0.1, 0.15) is 12.0 Å². The van der Waals surface area contributed by atoms with Crippen molar-refractivity contribution >= 4 is 12.4 Å². The van der Waals surface area contributed by atoms with Crippen LogP contribution in [-0.4, -0.2) is 23.1 Å². The highest BCUT2D eigenvalue weighted by molar-refractivity contribution is 6.74. The van der Waals surface area contributed by atoms with E-state index in [0.29, 0.717) is 12.4 Å². The van der Waals surface area contributed by atoms with E-state index in [1.807, 2.05) is 10.8 Å². The summed E-state index contributed by atoms with van der Waals surface area (Å²) < 4.78 is 45.4. The lowest BCUT2D eigenvalue weighted by atomic mass is 9.77. The number of benzene rings is 1. The van der Waals surface area contributed by atoms with E-state index in [1.54, 1.807) is 12.5 Å². The van der Waals surface area contributed by atoms with Crippen LogP contribution in [0.15, 0.2) is 36.9 Å². The van der Waals surface area contributed by atoms with Gasteiger partial charge in [0.15, 0.2) is 0 Å². The van der Waals surface area contributed by atoms with Crippen LogP contribution in [0.2, 0.25) is 0 Å². The second kappa shape index (κ2) is 6.03. The minimum atomic E-state index is -4.96. The summed E-state index contributed by atoms with van der Waals surface area (Å²) in [7, 11) is 0. The fraction of sp³-hybridized carbons (Fsp3) is 0.308. The number of nitrogens with zero attached hydrogens (tertiary/aromatic N) is 2. The summed E-state index contributed by atoms with van der Waals surface area (Å²) in [6.45, 7) is -2.29. The fourth-order valence-electron chi connectivity index (χ4n) is 1.96. The van der Waals surface area contributed by atoms with Gasteiger partial charge in [-0.05, 0) is 25.5 Å². The molecule has 0 fully saturated rings. The van der Waals surface area contributed by atoms with Gasteiger partial charge in [-0.25, -0.2) is 4.98 Å². The molecule has 0 spiro atoms. The monoisotopic (exact) mass is 283 g/mol. The Hall–Kier alpha value is -1.92. The van der Waals surface area contributed by atoms with E-state index >= 15 is 0 Å². The van der Waals surface area contributed by atoms with Gasteiger partial charge >= 0.3 is 6.98 Å². The molecule has 2 rings (SSSR count). The topological polar surface area (TPSA) is 27.1 Å². The zero-order valence-electron chi connectivity index (χ0n) is 11.1. The molecule has 108 valence electrons. The summed E-state index contributed by atoms with van der Waals surface area (Å²) in [5.74, 6) is 0.469. The summed E-state index contributed by atoms with van der Waals surface area (Å²) in [5, 5.41) is 0. The van der Waals surface area contributed by atoms with E-state index in [1.165, 1.54) is 19.1 Å². The molecule has 1 aromatic carbocycles. The Morgan fingerprint density at radius 1 is 1.30 bits per heavy atom. The molecule has 0 radical (unpaired) electrons. The van der Waals surface area contributed by atoms with Crippen LogP contribution < -0.4 is 10.2 Å². The smallest absolute Gasteiger partial charge is 0.494 e. The summed E-state index contributed by atoms with van der Waals surface area (Å²) in [5.41, 5.74) is -0.361. The SMILES string of the molecule is Cc1cc(OCCCn2ccnc2)ccc1[B-](F)(F)F. The van der Waals surface area contributed by atoms with Crippen LogP contribution in [0.5, 0.6) is 5.75 Å². The first-order valence-electron chi connectivity index (χ1n) is 6.36. The Morgan fingerprint density at radius 2 is 2.10 bits per heavy atom. The second-order valence-electron chi connectivity index (χ2n) is 4.60. The maximum absolute atomic E-state index is 12.7. The zero-order valence-corrected chi connectivity index (χ0v) is 11.1. The van der Waals surface area contributed by atoms with E-state index in [-0.39, 0.29) is 5.56 Å². The van der Waals surface area contributed by atoms with Gasteiger partial charge in [-0.2, -0.15) is 0 Å². The van der Waals surface area contributed by atoms with Crippen molar-refractivity contribution < 1.29 is 17.7 Å². The van der Waals surface area contributed by atoms with Crippen LogP contribution in [0.25, 0.3) is 0 Å². The standard InChI is InChI=1S/C13H15BF3N2O/c1-11-9-12(3-4-13(11)14(15,16)17)20-8-2-6-19-7-5-18-10-19/h3-5,7,9-10H,2,6,8H2,1H3/q-1. The van der Waals surface area contributed by atoms with Gasteiger partial charge in [-0.15, -0.1) is 5.46 Å². The molecule has 0 aliphatic heterocycles. The maximum atomic E-state index is 12.7. The van der Waals surface area contributed by atoms with Crippen molar-refractivity contribution in [2.75, 3.05) is 6.61 Å². The third kappa shape index (κ3) is 3.79. The molecule has 3 nitrogen and oxygen atoms in total. The van der Waals surface area contributed by atoms with Gasteiger partial charge in [0.25, 0.3) is 0 Å². The highest BCUT2D eigenvalue weighted by Gasteiger charge is 2.27. The van der Waals surface area contributed by atoms with E-state index < -0.39 is 12.4 Å². The third-order valence-corrected chi connectivity index (χ3v) is 2.98. The van der Waals surface area contributed by atoms with Crippen molar-refractivity contribution in [3.05, 3.63) is 42.5 Å². The molecule has 7 heteroatoms. The number of hydrogen-bond acceptors (Lipinski definition) is 2. The largest absolute Gasteiger partial charge is 0.509 e. The van der Waals surface area contributed by atoms with Gasteiger partial charge in [0.05, 0.1) is 12.9 Å². The summed E-state index contributed by atoms with van der Waals surface area (Å²) in [6.07, 6.45) is 6.02. The van der Waals surface area contributed by atoms with Crippen LogP contribution in [0.3, 0.4) is 0 Å². The Balaban J connectivity index is 1.86. The molecule has 20 heavy (non-hydrogen) atoms. The zero-order chi connectivity index (χ0) is 14.6. The first-order chi connectivity index (χ1) is 9.47. The lowest BCUT2D eigenvalue weighted by molar-refractivity contribution is 0.301. The summed E-state index contributed by atoms with van der Waals surface area (Å²) in [6, 6.07) is 3.89. The Morgan fingerprint density at radius 3 is 2.70 bits per heavy atom. The van der Waals surface area contributed by atoms with Gasteiger partial charge in [0, 0.05) is 18.9 Å². The first kappa shape index (κ1) is 14.5. The summed E-state index contributed by atoms with van der Waals surface area (Å²) >= 11 is 0. The predicted molar refractivity (Wildman–Crippen MR) is 72.2 cm³/mol. The average molecular weight is 283 g/mol. The highest BCUT2D eigenvalue weighted by Crippen LogP contribution is 2.17. The average Bonchev–Trinajstić information content (AvgIpc) is 2.86. The van der Waals surface area contributed by atoms with Gasteiger partial charge in [-0.1, -0.05) is 11.6 Å². The minimum absolute atomic E-state index is 0.199. The van der Waals surface area contributed by atoms with Crippen molar-refractivity contribution in [1.82, 2.24) is 9.55 Å². The molecule has 0 unspecified atom stereocenters. The lowest BCUT2D eigenvalue weighted by Gasteiger charge is -2.18. The third-order valence-electron chi connectivity index (χ3n) is 2.98. The molecule has 0 N–H and O–H groups in total. The molecule has 1 heterocycles. The minimum Gasteiger partial charge on any atom is -0.494 e. The predicted octanol–water partition coefficient (Wildman–Crippen LogP) is 2.72. The molecule has 0 saturated heterocycles. The molecular formula is C13H15BF3N2O-. The van der Waals surface area contributed by atoms with E-state index in [4.69, 9.17) is 4.74 Å². The normalized spacial score (nSPS) is 11.6. The molecule has 1 aromatic heterocycles. The van der Waals surface area contributed by atoms with Crippen molar-refractivity contribution in [2.45, 2.75) is 19.9 Å². The van der Waals surface area contributed by atoms with Crippen LogP contribution in [0.4, 0.5) is 12.9 Å². The number of hydrogen-bond donors (Lipinski definition) is 0. The van der Waals surface area contributed by atoms with Crippen LogP contribution in [-0.2, 0) is 6.54 Å². The Labute approximate surface area is 115 Å². The van der Waals surface area contributed by atoms with Gasteiger partial charge in [0.1, 0.15) is 5.75 Å². The quantitative estimate of drug-likeness (QED) is 0.602. The van der Waals surface area contributed by atoms with E-state index in [0.717, 1.165) is 19.0 Å². The number of ether oxygens (including phenoxy) is 1. The van der Waals surface area contributed by atoms with Gasteiger partial charge < -0.3 is 22.3 Å². The van der Waals surface area contributed by atoms with Gasteiger partial charge in [-0.3, -0.25) is 0 Å². The molecule has 0 aliphatic rings. The molecule has 0 saturated carbocycles.